The van der Waals surface area contributed by atoms with Crippen molar-refractivity contribution >= 4 is 17.5 Å². The summed E-state index contributed by atoms with van der Waals surface area (Å²) in [5, 5.41) is 4.40. The van der Waals surface area contributed by atoms with E-state index in [9.17, 15) is 9.18 Å². The van der Waals surface area contributed by atoms with Crippen LogP contribution in [0.25, 0.3) is 11.4 Å². The largest absolute Gasteiger partial charge is 0.337 e. The third-order valence-corrected chi connectivity index (χ3v) is 5.83. The summed E-state index contributed by atoms with van der Waals surface area (Å²) < 4.78 is 19.4. The Hall–Kier alpha value is -2.77. The Morgan fingerprint density at radius 2 is 1.97 bits per heavy atom. The lowest BCUT2D eigenvalue weighted by atomic mass is 9.95. The zero-order valence-electron chi connectivity index (χ0n) is 17.3. The number of carbonyl (C=O) groups excluding carboxylic acids is 1. The van der Waals surface area contributed by atoms with Gasteiger partial charge in [0.25, 0.3) is 0 Å². The first-order valence-corrected chi connectivity index (χ1v) is 10.7. The fourth-order valence-electron chi connectivity index (χ4n) is 3.84. The molecule has 0 atom stereocenters. The van der Waals surface area contributed by atoms with Crippen LogP contribution < -0.4 is 0 Å². The number of piperidine rings is 1. The molecule has 2 heterocycles. The molecule has 6 nitrogen and oxygen atoms in total. The highest BCUT2D eigenvalue weighted by atomic mass is 35.5. The number of carbonyl (C=O) groups is 1. The van der Waals surface area contributed by atoms with Crippen LogP contribution in [-0.2, 0) is 17.9 Å². The first-order chi connectivity index (χ1) is 15.0. The predicted molar refractivity (Wildman–Crippen MR) is 116 cm³/mol. The molecule has 0 spiro atoms. The molecule has 8 heteroatoms. The molecule has 4 rings (SSSR count). The molecule has 2 aromatic carbocycles. The number of benzene rings is 2. The van der Waals surface area contributed by atoms with Crippen molar-refractivity contribution in [2.45, 2.75) is 25.9 Å². The Balaban J connectivity index is 1.29. The van der Waals surface area contributed by atoms with Gasteiger partial charge in [0.05, 0.1) is 6.54 Å². The third-order valence-electron chi connectivity index (χ3n) is 5.59. The van der Waals surface area contributed by atoms with Gasteiger partial charge in [-0.1, -0.05) is 53.2 Å². The number of aromatic nitrogens is 2. The van der Waals surface area contributed by atoms with Crippen LogP contribution in [0.15, 0.2) is 53.1 Å². The molecule has 1 fully saturated rings. The lowest BCUT2D eigenvalue weighted by Crippen LogP contribution is -2.40. The molecule has 0 unspecified atom stereocenters. The number of likely N-dealkylation sites (tertiary alicyclic amines) is 1. The van der Waals surface area contributed by atoms with E-state index in [1.807, 2.05) is 30.3 Å². The number of hydrogen-bond acceptors (Lipinski definition) is 5. The molecule has 1 aliphatic rings. The van der Waals surface area contributed by atoms with Crippen molar-refractivity contribution in [3.8, 4) is 11.4 Å². The lowest BCUT2D eigenvalue weighted by molar-refractivity contribution is -0.136. The maximum Gasteiger partial charge on any atom is 0.246 e. The van der Waals surface area contributed by atoms with E-state index in [1.54, 1.807) is 24.1 Å². The summed E-state index contributed by atoms with van der Waals surface area (Å²) in [6, 6.07) is 14.3. The van der Waals surface area contributed by atoms with E-state index >= 15 is 0 Å². The van der Waals surface area contributed by atoms with Gasteiger partial charge in [-0.2, -0.15) is 4.98 Å². The van der Waals surface area contributed by atoms with Crippen molar-refractivity contribution in [1.82, 2.24) is 19.9 Å². The number of nitrogens with zero attached hydrogens (tertiary/aromatic N) is 4. The van der Waals surface area contributed by atoms with E-state index in [0.717, 1.165) is 31.5 Å². The van der Waals surface area contributed by atoms with Crippen LogP contribution in [0.4, 0.5) is 4.39 Å². The summed E-state index contributed by atoms with van der Waals surface area (Å²) >= 11 is 5.82. The van der Waals surface area contributed by atoms with E-state index in [2.05, 4.69) is 15.0 Å². The van der Waals surface area contributed by atoms with E-state index in [1.165, 1.54) is 6.07 Å². The van der Waals surface area contributed by atoms with Gasteiger partial charge in [-0.25, -0.2) is 4.39 Å². The van der Waals surface area contributed by atoms with Gasteiger partial charge in [-0.3, -0.25) is 9.69 Å². The van der Waals surface area contributed by atoms with Gasteiger partial charge in [0.2, 0.25) is 17.6 Å². The second-order valence-electron chi connectivity index (χ2n) is 7.86. The van der Waals surface area contributed by atoms with Crippen LogP contribution in [-0.4, -0.2) is 46.0 Å². The van der Waals surface area contributed by atoms with Crippen molar-refractivity contribution in [3.05, 3.63) is 70.8 Å². The minimum atomic E-state index is -0.292. The van der Waals surface area contributed by atoms with E-state index in [0.29, 0.717) is 28.8 Å². The van der Waals surface area contributed by atoms with Crippen LogP contribution >= 0.6 is 11.6 Å². The van der Waals surface area contributed by atoms with Gasteiger partial charge in [-0.15, -0.1) is 0 Å². The normalized spacial score (nSPS) is 15.2. The number of rotatable bonds is 6. The Labute approximate surface area is 185 Å². The highest BCUT2D eigenvalue weighted by Gasteiger charge is 2.28. The SMILES string of the molecule is CN(Cc1nc(-c2ccccc2)no1)C(=O)C1CCN(Cc2ccc(Cl)cc2F)CC1. The van der Waals surface area contributed by atoms with E-state index in [-0.39, 0.29) is 24.2 Å². The summed E-state index contributed by atoms with van der Waals surface area (Å²) in [6.07, 6.45) is 1.47. The molecule has 0 aliphatic carbocycles. The van der Waals surface area contributed by atoms with Gasteiger partial charge in [0.1, 0.15) is 5.82 Å². The summed E-state index contributed by atoms with van der Waals surface area (Å²) in [5.74, 6) is 0.633. The molecular weight excluding hydrogens is 419 g/mol. The number of amides is 1. The Morgan fingerprint density at radius 3 is 2.68 bits per heavy atom. The van der Waals surface area contributed by atoms with Crippen LogP contribution in [0, 0.1) is 11.7 Å². The standard InChI is InChI=1S/C23H24ClFN4O2/c1-28(15-21-26-22(27-31-21)16-5-3-2-4-6-16)23(30)17-9-11-29(12-10-17)14-18-7-8-19(24)13-20(18)25/h2-8,13,17H,9-12,14-15H2,1H3. The molecule has 1 amide bonds. The molecule has 0 N–H and O–H groups in total. The minimum Gasteiger partial charge on any atom is -0.337 e. The summed E-state index contributed by atoms with van der Waals surface area (Å²) in [4.78, 5) is 21.1. The monoisotopic (exact) mass is 442 g/mol. The number of halogens is 2. The summed E-state index contributed by atoms with van der Waals surface area (Å²) in [6.45, 7) is 2.27. The second-order valence-corrected chi connectivity index (χ2v) is 8.29. The maximum absolute atomic E-state index is 14.0. The predicted octanol–water partition coefficient (Wildman–Crippen LogP) is 4.40. The van der Waals surface area contributed by atoms with Crippen molar-refractivity contribution in [2.75, 3.05) is 20.1 Å². The van der Waals surface area contributed by atoms with Crippen LogP contribution in [0.3, 0.4) is 0 Å². The molecule has 0 saturated carbocycles. The Morgan fingerprint density at radius 1 is 1.23 bits per heavy atom. The molecule has 1 aromatic heterocycles. The van der Waals surface area contributed by atoms with Gasteiger partial charge in [0.15, 0.2) is 0 Å². The van der Waals surface area contributed by atoms with Crippen LogP contribution in [0.5, 0.6) is 0 Å². The van der Waals surface area contributed by atoms with Crippen molar-refractivity contribution in [1.29, 1.82) is 0 Å². The quantitative estimate of drug-likeness (QED) is 0.566. The third kappa shape index (κ3) is 5.29. The molecule has 0 radical (unpaired) electrons. The average molecular weight is 443 g/mol. The maximum atomic E-state index is 14.0. The van der Waals surface area contributed by atoms with E-state index in [4.69, 9.17) is 16.1 Å². The van der Waals surface area contributed by atoms with Crippen molar-refractivity contribution < 1.29 is 13.7 Å². The number of hydrogen-bond donors (Lipinski definition) is 0. The van der Waals surface area contributed by atoms with Crippen LogP contribution in [0.2, 0.25) is 5.02 Å². The van der Waals surface area contributed by atoms with Crippen molar-refractivity contribution in [3.63, 3.8) is 0 Å². The minimum absolute atomic E-state index is 0.0622. The first-order valence-electron chi connectivity index (χ1n) is 10.3. The van der Waals surface area contributed by atoms with E-state index < -0.39 is 0 Å². The van der Waals surface area contributed by atoms with Gasteiger partial charge in [0, 0.05) is 35.7 Å². The fourth-order valence-corrected chi connectivity index (χ4v) is 4.00. The lowest BCUT2D eigenvalue weighted by Gasteiger charge is -2.33. The molecule has 1 aliphatic heterocycles. The topological polar surface area (TPSA) is 62.5 Å². The zero-order valence-corrected chi connectivity index (χ0v) is 18.1. The average Bonchev–Trinajstić information content (AvgIpc) is 3.25. The molecular formula is C23H24ClFN4O2. The molecule has 3 aromatic rings. The Kier molecular flexibility index (Phi) is 6.63. The summed E-state index contributed by atoms with van der Waals surface area (Å²) in [7, 11) is 1.75. The second kappa shape index (κ2) is 9.58. The molecule has 1 saturated heterocycles. The van der Waals surface area contributed by atoms with Crippen LogP contribution in [0.1, 0.15) is 24.3 Å². The molecule has 162 valence electrons. The molecule has 31 heavy (non-hydrogen) atoms. The smallest absolute Gasteiger partial charge is 0.246 e. The van der Waals surface area contributed by atoms with Gasteiger partial charge >= 0.3 is 0 Å². The Bertz CT molecular complexity index is 1040. The summed E-state index contributed by atoms with van der Waals surface area (Å²) in [5.41, 5.74) is 1.49. The fraction of sp³-hybridized carbons (Fsp3) is 0.348. The zero-order chi connectivity index (χ0) is 21.8. The van der Waals surface area contributed by atoms with Gasteiger partial charge in [-0.05, 0) is 38.1 Å². The highest BCUT2D eigenvalue weighted by molar-refractivity contribution is 6.30. The highest BCUT2D eigenvalue weighted by Crippen LogP contribution is 2.23. The first kappa shape index (κ1) is 21.5. The van der Waals surface area contributed by atoms with Gasteiger partial charge < -0.3 is 9.42 Å². The molecule has 0 bridgehead atoms. The van der Waals surface area contributed by atoms with Crippen molar-refractivity contribution in [2.24, 2.45) is 5.92 Å².